The highest BCUT2D eigenvalue weighted by molar-refractivity contribution is 7.90. The number of hydrogen-bond acceptors (Lipinski definition) is 9. The van der Waals surface area contributed by atoms with Crippen molar-refractivity contribution in [2.75, 3.05) is 49.4 Å². The average molecular weight is 513 g/mol. The number of aliphatic hydroxyl groups excluding tert-OH is 1. The minimum Gasteiger partial charge on any atom is -0.395 e. The van der Waals surface area contributed by atoms with Crippen LogP contribution in [0.5, 0.6) is 0 Å². The van der Waals surface area contributed by atoms with Gasteiger partial charge >= 0.3 is 6.03 Å². The van der Waals surface area contributed by atoms with Crippen LogP contribution in [-0.4, -0.2) is 79.7 Å². The fourth-order valence-electron chi connectivity index (χ4n) is 3.79. The summed E-state index contributed by atoms with van der Waals surface area (Å²) in [6.07, 6.45) is 1.15. The van der Waals surface area contributed by atoms with Crippen LogP contribution in [-0.2, 0) is 14.6 Å². The summed E-state index contributed by atoms with van der Waals surface area (Å²) in [4.78, 5) is 28.0. The van der Waals surface area contributed by atoms with Crippen LogP contribution in [0.25, 0.3) is 22.8 Å². The summed E-state index contributed by atoms with van der Waals surface area (Å²) in [5, 5.41) is 14.0. The van der Waals surface area contributed by atoms with E-state index in [4.69, 9.17) is 14.8 Å². The summed E-state index contributed by atoms with van der Waals surface area (Å²) < 4.78 is 30.5. The SMILES string of the molecule is C[C@H]1COCCN1c1nc(-c2ccc(NC(=O)NCCO)cc2)nc(-c2ccccc2S(C)(=O)=O)n1. The minimum absolute atomic E-state index is 0.0241. The maximum atomic E-state index is 12.5. The number of amides is 2. The van der Waals surface area contributed by atoms with Gasteiger partial charge < -0.3 is 25.4 Å². The first kappa shape index (κ1) is 25.5. The Balaban J connectivity index is 1.76. The minimum atomic E-state index is -3.53. The first-order valence-corrected chi connectivity index (χ1v) is 13.3. The zero-order valence-electron chi connectivity index (χ0n) is 20.0. The van der Waals surface area contributed by atoms with Crippen molar-refractivity contribution in [2.24, 2.45) is 0 Å². The molecule has 1 saturated heterocycles. The third-order valence-corrected chi connectivity index (χ3v) is 6.73. The van der Waals surface area contributed by atoms with Crippen molar-refractivity contribution in [2.45, 2.75) is 17.9 Å². The van der Waals surface area contributed by atoms with E-state index in [9.17, 15) is 13.2 Å². The standard InChI is InChI=1S/C24H28N6O5S/c1-16-15-35-14-12-30(16)23-28-21(17-7-9-18(10-8-17)26-24(32)25-11-13-31)27-22(29-23)19-5-3-4-6-20(19)36(2,33)34/h3-10,16,31H,11-15H2,1-2H3,(H2,25,26,32)/t16-/m0/s1. The van der Waals surface area contributed by atoms with E-state index in [0.717, 1.165) is 6.26 Å². The van der Waals surface area contributed by atoms with E-state index in [1.54, 1.807) is 42.5 Å². The predicted molar refractivity (Wildman–Crippen MR) is 136 cm³/mol. The maximum Gasteiger partial charge on any atom is 0.319 e. The molecule has 1 aromatic heterocycles. The van der Waals surface area contributed by atoms with Gasteiger partial charge in [0.2, 0.25) is 5.95 Å². The third kappa shape index (κ3) is 5.96. The van der Waals surface area contributed by atoms with Crippen molar-refractivity contribution in [3.05, 3.63) is 48.5 Å². The number of hydrogen-bond donors (Lipinski definition) is 3. The van der Waals surface area contributed by atoms with Gasteiger partial charge in [-0.2, -0.15) is 9.97 Å². The molecule has 2 aromatic carbocycles. The summed E-state index contributed by atoms with van der Waals surface area (Å²) >= 11 is 0. The molecular weight excluding hydrogens is 484 g/mol. The lowest BCUT2D eigenvalue weighted by molar-refractivity contribution is 0.0981. The van der Waals surface area contributed by atoms with Gasteiger partial charge in [-0.15, -0.1) is 0 Å². The highest BCUT2D eigenvalue weighted by Gasteiger charge is 2.25. The molecule has 36 heavy (non-hydrogen) atoms. The largest absolute Gasteiger partial charge is 0.395 e. The number of anilines is 2. The van der Waals surface area contributed by atoms with Gasteiger partial charge in [-0.05, 0) is 43.3 Å². The molecule has 2 heterocycles. The molecule has 0 spiro atoms. The molecule has 12 heteroatoms. The molecular formula is C24H28N6O5S. The number of aromatic nitrogens is 3. The number of ether oxygens (including phenoxy) is 1. The lowest BCUT2D eigenvalue weighted by atomic mass is 10.1. The van der Waals surface area contributed by atoms with E-state index in [2.05, 4.69) is 20.6 Å². The van der Waals surface area contributed by atoms with Crippen LogP contribution in [0, 0.1) is 0 Å². The second-order valence-corrected chi connectivity index (χ2v) is 10.3. The molecule has 0 aliphatic carbocycles. The van der Waals surface area contributed by atoms with Gasteiger partial charge in [0.15, 0.2) is 21.5 Å². The number of nitrogens with zero attached hydrogens (tertiary/aromatic N) is 4. The van der Waals surface area contributed by atoms with E-state index < -0.39 is 15.9 Å². The number of sulfone groups is 1. The Morgan fingerprint density at radius 3 is 2.53 bits per heavy atom. The molecule has 190 valence electrons. The number of nitrogens with one attached hydrogen (secondary N) is 2. The second-order valence-electron chi connectivity index (χ2n) is 8.35. The monoisotopic (exact) mass is 512 g/mol. The summed E-state index contributed by atoms with van der Waals surface area (Å²) in [6, 6.07) is 13.1. The number of carbonyl (C=O) groups is 1. The second kappa shape index (κ2) is 11.0. The third-order valence-electron chi connectivity index (χ3n) is 5.57. The zero-order chi connectivity index (χ0) is 25.7. The topological polar surface area (TPSA) is 147 Å². The van der Waals surface area contributed by atoms with Crippen LogP contribution >= 0.6 is 0 Å². The van der Waals surface area contributed by atoms with E-state index >= 15 is 0 Å². The molecule has 1 aliphatic rings. The number of urea groups is 1. The molecule has 0 saturated carbocycles. The van der Waals surface area contributed by atoms with Crippen molar-refractivity contribution < 1.29 is 23.1 Å². The van der Waals surface area contributed by atoms with Crippen molar-refractivity contribution in [3.63, 3.8) is 0 Å². The Morgan fingerprint density at radius 1 is 1.11 bits per heavy atom. The molecule has 0 radical (unpaired) electrons. The lowest BCUT2D eigenvalue weighted by Crippen LogP contribution is -2.44. The van der Waals surface area contributed by atoms with Gasteiger partial charge in [0.25, 0.3) is 0 Å². The van der Waals surface area contributed by atoms with Crippen LogP contribution in [0.15, 0.2) is 53.4 Å². The van der Waals surface area contributed by atoms with Gasteiger partial charge in [0.1, 0.15) is 0 Å². The maximum absolute atomic E-state index is 12.5. The Hall–Kier alpha value is -3.61. The van der Waals surface area contributed by atoms with Gasteiger partial charge in [-0.3, -0.25) is 0 Å². The molecule has 1 fully saturated rings. The molecule has 3 aromatic rings. The van der Waals surface area contributed by atoms with Crippen LogP contribution in [0.4, 0.5) is 16.4 Å². The van der Waals surface area contributed by atoms with Gasteiger partial charge in [-0.25, -0.2) is 18.2 Å². The Bertz CT molecular complexity index is 1330. The first-order valence-electron chi connectivity index (χ1n) is 11.4. The number of morpholine rings is 1. The van der Waals surface area contributed by atoms with Crippen molar-refractivity contribution in [1.29, 1.82) is 0 Å². The molecule has 11 nitrogen and oxygen atoms in total. The quantitative estimate of drug-likeness (QED) is 0.432. The summed E-state index contributed by atoms with van der Waals surface area (Å²) in [7, 11) is -3.53. The van der Waals surface area contributed by atoms with Crippen LogP contribution in [0.2, 0.25) is 0 Å². The fraction of sp³-hybridized carbons (Fsp3) is 0.333. The Morgan fingerprint density at radius 2 is 1.83 bits per heavy atom. The normalized spacial score (nSPS) is 16.0. The number of benzene rings is 2. The average Bonchev–Trinajstić information content (AvgIpc) is 2.87. The smallest absolute Gasteiger partial charge is 0.319 e. The summed E-state index contributed by atoms with van der Waals surface area (Å²) in [5.74, 6) is 1.05. The van der Waals surface area contributed by atoms with Crippen molar-refractivity contribution in [1.82, 2.24) is 20.3 Å². The molecule has 2 amide bonds. The molecule has 3 N–H and O–H groups in total. The Labute approximate surface area is 209 Å². The number of carbonyl (C=O) groups excluding carboxylic acids is 1. The van der Waals surface area contributed by atoms with Crippen molar-refractivity contribution in [3.8, 4) is 22.8 Å². The van der Waals surface area contributed by atoms with Crippen LogP contribution < -0.4 is 15.5 Å². The molecule has 0 unspecified atom stereocenters. The lowest BCUT2D eigenvalue weighted by Gasteiger charge is -2.33. The van der Waals surface area contributed by atoms with E-state index in [0.29, 0.717) is 48.3 Å². The highest BCUT2D eigenvalue weighted by atomic mass is 32.2. The molecule has 0 bridgehead atoms. The zero-order valence-corrected chi connectivity index (χ0v) is 20.8. The van der Waals surface area contributed by atoms with E-state index in [-0.39, 0.29) is 29.9 Å². The van der Waals surface area contributed by atoms with Crippen LogP contribution in [0.1, 0.15) is 6.92 Å². The van der Waals surface area contributed by atoms with Gasteiger partial charge in [-0.1, -0.05) is 12.1 Å². The molecule has 1 atom stereocenters. The molecule has 1 aliphatic heterocycles. The highest BCUT2D eigenvalue weighted by Crippen LogP contribution is 2.29. The summed E-state index contributed by atoms with van der Waals surface area (Å²) in [6.45, 7) is 3.64. The summed E-state index contributed by atoms with van der Waals surface area (Å²) in [5.41, 5.74) is 1.61. The number of aliphatic hydroxyl groups is 1. The van der Waals surface area contributed by atoms with Crippen molar-refractivity contribution >= 4 is 27.5 Å². The first-order chi connectivity index (χ1) is 17.3. The fourth-order valence-corrected chi connectivity index (χ4v) is 4.67. The molecule has 4 rings (SSSR count). The van der Waals surface area contributed by atoms with E-state index in [1.807, 2.05) is 11.8 Å². The van der Waals surface area contributed by atoms with E-state index in [1.165, 1.54) is 6.07 Å². The Kier molecular flexibility index (Phi) is 7.77. The number of rotatable bonds is 7. The van der Waals surface area contributed by atoms with Gasteiger partial charge in [0, 0.05) is 36.2 Å². The van der Waals surface area contributed by atoms with Gasteiger partial charge in [0.05, 0.1) is 30.8 Å². The predicted octanol–water partition coefficient (Wildman–Crippen LogP) is 1.95. The van der Waals surface area contributed by atoms with Crippen LogP contribution in [0.3, 0.4) is 0 Å².